The second-order valence-electron chi connectivity index (χ2n) is 0.723. The van der Waals surface area contributed by atoms with Gasteiger partial charge >= 0.3 is 0 Å². The molecule has 0 aliphatic carbocycles. The standard InChI is InChI=1S/CH4ClFOS/c1-5(2,3)4/h5H,1H3. The average Bonchev–Trinajstić information content (AvgIpc) is 0.722. The molecular weight excluding hydrogens is 115 g/mol. The first kappa shape index (κ1) is 5.37. The van der Waals surface area contributed by atoms with E-state index < -0.39 is 9.53 Å². The van der Waals surface area contributed by atoms with E-state index in [0.717, 1.165) is 6.26 Å². The Labute approximate surface area is 35.3 Å². The maximum Gasteiger partial charge on any atom is 0.0900 e. The largest absolute Gasteiger partial charge is 0.241 e. The number of rotatable bonds is 0. The third kappa shape index (κ3) is 179. The minimum atomic E-state index is -3.67. The number of thiol groups is 1. The molecule has 0 spiro atoms. The van der Waals surface area contributed by atoms with Gasteiger partial charge in [0.25, 0.3) is 0 Å². The first-order valence-electron chi connectivity index (χ1n) is 0.968. The van der Waals surface area contributed by atoms with Crippen LogP contribution in [-0.2, 0) is 9.53 Å². The van der Waals surface area contributed by atoms with Crippen LogP contribution >= 0.6 is 10.7 Å². The smallest absolute Gasteiger partial charge is 0.0900 e. The van der Waals surface area contributed by atoms with Crippen LogP contribution < -0.4 is 0 Å². The molecule has 0 saturated heterocycles. The Kier molecular flexibility index (Phi) is 1.31. The summed E-state index contributed by atoms with van der Waals surface area (Å²) in [6.07, 6.45) is 0.842. The molecule has 0 N–H and O–H groups in total. The molecule has 34 valence electrons. The van der Waals surface area contributed by atoms with E-state index in [1.165, 1.54) is 0 Å². The Hall–Kier alpha value is 0.370. The lowest BCUT2D eigenvalue weighted by Gasteiger charge is -1.86. The summed E-state index contributed by atoms with van der Waals surface area (Å²) in [6, 6.07) is 0. The van der Waals surface area contributed by atoms with Crippen molar-refractivity contribution in [1.29, 1.82) is 0 Å². The third-order valence-corrected chi connectivity index (χ3v) is 0. The molecule has 0 aromatic heterocycles. The molecule has 1 nitrogen and oxygen atoms in total. The summed E-state index contributed by atoms with van der Waals surface area (Å²) in [7, 11) is 0.752. The molecule has 0 aliphatic rings. The van der Waals surface area contributed by atoms with Gasteiger partial charge in [-0.3, -0.25) is 0 Å². The molecule has 0 heterocycles. The molecule has 0 amide bonds. The van der Waals surface area contributed by atoms with E-state index in [-0.39, 0.29) is 0 Å². The molecule has 0 atom stereocenters. The van der Waals surface area contributed by atoms with Crippen molar-refractivity contribution in [2.75, 3.05) is 6.26 Å². The zero-order valence-corrected chi connectivity index (χ0v) is 4.26. The molecule has 4 heteroatoms. The van der Waals surface area contributed by atoms with Crippen LogP contribution in [0.2, 0.25) is 0 Å². The second kappa shape index (κ2) is 1.22. The van der Waals surface area contributed by atoms with Gasteiger partial charge in [-0.15, -0.1) is 3.89 Å². The average molecular weight is 119 g/mol. The molecule has 0 saturated carbocycles. The Morgan fingerprint density at radius 2 is 2.00 bits per heavy atom. The van der Waals surface area contributed by atoms with E-state index in [2.05, 4.69) is 10.7 Å². The van der Waals surface area contributed by atoms with Gasteiger partial charge < -0.3 is 0 Å². The maximum atomic E-state index is 11.0. The lowest BCUT2D eigenvalue weighted by Crippen LogP contribution is -1.81. The highest BCUT2D eigenvalue weighted by Gasteiger charge is 1.89. The van der Waals surface area contributed by atoms with Gasteiger partial charge in [0.15, 0.2) is 0 Å². The van der Waals surface area contributed by atoms with Crippen molar-refractivity contribution >= 4 is 20.2 Å². The molecule has 5 heavy (non-hydrogen) atoms. The van der Waals surface area contributed by atoms with Crippen molar-refractivity contribution in [2.24, 2.45) is 0 Å². The van der Waals surface area contributed by atoms with E-state index in [1.54, 1.807) is 0 Å². The Morgan fingerprint density at radius 3 is 2.00 bits per heavy atom. The Bertz CT molecular complexity index is 57.8. The number of halogens is 2. The third-order valence-electron chi connectivity index (χ3n) is 0. The fraction of sp³-hybridized carbons (Fsp3) is 1.00. The van der Waals surface area contributed by atoms with Crippen molar-refractivity contribution < 1.29 is 8.09 Å². The predicted octanol–water partition coefficient (Wildman–Crippen LogP) is 0.671. The zero-order chi connectivity index (χ0) is 4.50. The quantitative estimate of drug-likeness (QED) is 0.366. The van der Waals surface area contributed by atoms with Crippen molar-refractivity contribution in [3.05, 3.63) is 0 Å². The molecule has 0 fully saturated rings. The lowest BCUT2D eigenvalue weighted by molar-refractivity contribution is 0.649. The van der Waals surface area contributed by atoms with Crippen LogP contribution in [0.4, 0.5) is 3.89 Å². The van der Waals surface area contributed by atoms with Gasteiger partial charge in [-0.2, -0.15) is 0 Å². The SMILES string of the molecule is C[SH](=O)(F)Cl. The van der Waals surface area contributed by atoms with Gasteiger partial charge in [0.05, 0.1) is 9.53 Å². The van der Waals surface area contributed by atoms with Gasteiger partial charge in [-0.25, -0.2) is 4.21 Å². The molecule has 0 aromatic carbocycles. The predicted molar refractivity (Wildman–Crippen MR) is 22.4 cm³/mol. The van der Waals surface area contributed by atoms with Crippen LogP contribution in [-0.4, -0.2) is 10.5 Å². The van der Waals surface area contributed by atoms with Crippen LogP contribution in [0.15, 0.2) is 0 Å². The van der Waals surface area contributed by atoms with Crippen LogP contribution in [0.3, 0.4) is 0 Å². The molecule has 0 aliphatic heterocycles. The van der Waals surface area contributed by atoms with E-state index in [4.69, 9.17) is 0 Å². The minimum absolute atomic E-state index is 0.842. The first-order valence-corrected chi connectivity index (χ1v) is 3.92. The summed E-state index contributed by atoms with van der Waals surface area (Å²) in [6.45, 7) is 0. The van der Waals surface area contributed by atoms with Crippen molar-refractivity contribution in [1.82, 2.24) is 0 Å². The maximum absolute atomic E-state index is 11.0. The topological polar surface area (TPSA) is 17.1 Å². The Morgan fingerprint density at radius 1 is 2.00 bits per heavy atom. The van der Waals surface area contributed by atoms with Gasteiger partial charge in [0, 0.05) is 6.26 Å². The molecule has 0 rings (SSSR count). The molecule has 0 aromatic rings. The van der Waals surface area contributed by atoms with E-state index in [0.29, 0.717) is 0 Å². The van der Waals surface area contributed by atoms with E-state index >= 15 is 0 Å². The summed E-state index contributed by atoms with van der Waals surface area (Å²) >= 11 is 0. The van der Waals surface area contributed by atoms with Gasteiger partial charge in [-0.05, 0) is 10.7 Å². The molecular formula is CH4ClFOS. The Balaban J connectivity index is 3.47. The van der Waals surface area contributed by atoms with Crippen LogP contribution in [0.25, 0.3) is 0 Å². The minimum Gasteiger partial charge on any atom is -0.241 e. The monoisotopic (exact) mass is 118 g/mol. The van der Waals surface area contributed by atoms with Crippen molar-refractivity contribution in [2.45, 2.75) is 0 Å². The molecule has 0 unspecified atom stereocenters. The van der Waals surface area contributed by atoms with Crippen molar-refractivity contribution in [3.63, 3.8) is 0 Å². The fourth-order valence-corrected chi connectivity index (χ4v) is 0. The van der Waals surface area contributed by atoms with Crippen LogP contribution in [0.5, 0.6) is 0 Å². The summed E-state index contributed by atoms with van der Waals surface area (Å²) in [5.74, 6) is 0. The highest BCUT2D eigenvalue weighted by atomic mass is 35.7. The second-order valence-corrected chi connectivity index (χ2v) is 3.98. The summed E-state index contributed by atoms with van der Waals surface area (Å²) in [5.41, 5.74) is 0. The van der Waals surface area contributed by atoms with E-state index in [1.807, 2.05) is 0 Å². The van der Waals surface area contributed by atoms with Gasteiger partial charge in [0.1, 0.15) is 0 Å². The molecule has 0 radical (unpaired) electrons. The lowest BCUT2D eigenvalue weighted by atomic mass is 12.0. The number of hydrogen-bond donors (Lipinski definition) is 1. The van der Waals surface area contributed by atoms with Crippen molar-refractivity contribution in [3.8, 4) is 0 Å². The summed E-state index contributed by atoms with van der Waals surface area (Å²) in [4.78, 5) is 0. The first-order chi connectivity index (χ1) is 2.00. The van der Waals surface area contributed by atoms with E-state index in [9.17, 15) is 8.09 Å². The van der Waals surface area contributed by atoms with Gasteiger partial charge in [-0.1, -0.05) is 0 Å². The summed E-state index contributed by atoms with van der Waals surface area (Å²) < 4.78 is 20.3. The summed E-state index contributed by atoms with van der Waals surface area (Å²) in [5, 5.41) is 0. The highest BCUT2D eigenvalue weighted by Crippen LogP contribution is 2.03. The zero-order valence-electron chi connectivity index (χ0n) is 2.61. The molecule has 0 bridgehead atoms. The van der Waals surface area contributed by atoms with Crippen LogP contribution in [0.1, 0.15) is 0 Å². The normalized spacial score (nSPS) is 15.0. The number of hydrogen-bond acceptors (Lipinski definition) is 1. The fourth-order valence-electron chi connectivity index (χ4n) is 0. The van der Waals surface area contributed by atoms with Gasteiger partial charge in [0.2, 0.25) is 0 Å². The van der Waals surface area contributed by atoms with Crippen LogP contribution in [0, 0.1) is 0 Å². The highest BCUT2D eigenvalue weighted by molar-refractivity contribution is 8.19.